The Balaban J connectivity index is 1.53. The van der Waals surface area contributed by atoms with E-state index >= 15 is 0 Å². The highest BCUT2D eigenvalue weighted by atomic mass is 35.5. The van der Waals surface area contributed by atoms with Crippen molar-refractivity contribution >= 4 is 23.2 Å². The van der Waals surface area contributed by atoms with Crippen molar-refractivity contribution in [3.8, 4) is 0 Å². The van der Waals surface area contributed by atoms with Crippen molar-refractivity contribution in [2.24, 2.45) is 5.92 Å². The number of halogens is 2. The van der Waals surface area contributed by atoms with Gasteiger partial charge >= 0.3 is 0 Å². The minimum atomic E-state index is -0.967. The largest absolute Gasteiger partial charge is 0.390 e. The molecule has 8 nitrogen and oxygen atoms in total. The highest BCUT2D eigenvalue weighted by Gasteiger charge is 2.39. The molecule has 0 spiro atoms. The number of benzene rings is 1. The fourth-order valence-corrected chi connectivity index (χ4v) is 4.03. The Labute approximate surface area is 182 Å². The average Bonchev–Trinajstić information content (AvgIpc) is 3.28. The van der Waals surface area contributed by atoms with Gasteiger partial charge in [-0.2, -0.15) is 5.10 Å². The first-order valence-corrected chi connectivity index (χ1v) is 10.2. The number of hydrogen-bond donors (Lipinski definition) is 3. The molecular formula is C21H21ClFN5O3. The maximum Gasteiger partial charge on any atom is 0.218 e. The third-order valence-corrected chi connectivity index (χ3v) is 5.61. The van der Waals surface area contributed by atoms with Gasteiger partial charge in [0.2, 0.25) is 5.78 Å². The van der Waals surface area contributed by atoms with E-state index in [-0.39, 0.29) is 34.6 Å². The van der Waals surface area contributed by atoms with Crippen molar-refractivity contribution in [1.82, 2.24) is 19.7 Å². The van der Waals surface area contributed by atoms with Crippen LogP contribution in [0.5, 0.6) is 0 Å². The van der Waals surface area contributed by atoms with Crippen molar-refractivity contribution in [3.05, 3.63) is 70.6 Å². The number of nitrogens with zero attached hydrogens (tertiary/aromatic N) is 4. The smallest absolute Gasteiger partial charge is 0.218 e. The highest BCUT2D eigenvalue weighted by molar-refractivity contribution is 6.30. The topological polar surface area (TPSA) is 113 Å². The molecule has 1 aliphatic carbocycles. The summed E-state index contributed by atoms with van der Waals surface area (Å²) in [6.45, 7) is 2.09. The molecule has 1 aliphatic rings. The fourth-order valence-electron chi connectivity index (χ4n) is 3.78. The number of rotatable bonds is 6. The molecule has 0 saturated heterocycles. The van der Waals surface area contributed by atoms with E-state index in [1.54, 1.807) is 18.3 Å². The molecule has 0 unspecified atom stereocenters. The van der Waals surface area contributed by atoms with Gasteiger partial charge in [-0.15, -0.1) is 0 Å². The van der Waals surface area contributed by atoms with Crippen LogP contribution in [0.1, 0.15) is 35.0 Å². The van der Waals surface area contributed by atoms with Gasteiger partial charge in [-0.3, -0.25) is 9.48 Å². The summed E-state index contributed by atoms with van der Waals surface area (Å²) in [6, 6.07) is 5.31. The molecule has 3 aromatic rings. The SMILES string of the molecule is C[C@@H]1C[C@@H](Nc2ncncc2C(=O)c2ccn(Cc3cc(F)cc(Cl)c3)n2)[C@H](O)[C@@H]1O. The molecule has 2 aromatic heterocycles. The summed E-state index contributed by atoms with van der Waals surface area (Å²) in [5.74, 6) is -0.672. The predicted octanol–water partition coefficient (Wildman–Crippen LogP) is 2.29. The molecule has 0 bridgehead atoms. The summed E-state index contributed by atoms with van der Waals surface area (Å²) in [7, 11) is 0. The third-order valence-electron chi connectivity index (χ3n) is 5.39. The van der Waals surface area contributed by atoms with Crippen LogP contribution in [0.3, 0.4) is 0 Å². The molecule has 3 N–H and O–H groups in total. The van der Waals surface area contributed by atoms with E-state index in [1.165, 1.54) is 29.3 Å². The number of aliphatic hydroxyl groups excluding tert-OH is 2. The van der Waals surface area contributed by atoms with Gasteiger partial charge in [-0.05, 0) is 42.2 Å². The maximum absolute atomic E-state index is 13.6. The summed E-state index contributed by atoms with van der Waals surface area (Å²) in [5, 5.41) is 27.8. The molecular weight excluding hydrogens is 425 g/mol. The number of aromatic nitrogens is 4. The summed E-state index contributed by atoms with van der Waals surface area (Å²) in [4.78, 5) is 21.1. The second kappa shape index (κ2) is 8.70. The monoisotopic (exact) mass is 445 g/mol. The molecule has 1 saturated carbocycles. The van der Waals surface area contributed by atoms with Crippen molar-refractivity contribution in [2.75, 3.05) is 5.32 Å². The number of anilines is 1. The van der Waals surface area contributed by atoms with Gasteiger partial charge < -0.3 is 15.5 Å². The minimum Gasteiger partial charge on any atom is -0.390 e. The van der Waals surface area contributed by atoms with Crippen LogP contribution in [0.25, 0.3) is 0 Å². The van der Waals surface area contributed by atoms with Crippen LogP contribution in [-0.2, 0) is 6.54 Å². The quantitative estimate of drug-likeness (QED) is 0.499. The number of aliphatic hydroxyl groups is 2. The van der Waals surface area contributed by atoms with Crippen LogP contribution in [0.15, 0.2) is 43.0 Å². The summed E-state index contributed by atoms with van der Waals surface area (Å²) < 4.78 is 15.1. The van der Waals surface area contributed by atoms with E-state index in [1.807, 2.05) is 6.92 Å². The Morgan fingerprint density at radius 2 is 2.13 bits per heavy atom. The van der Waals surface area contributed by atoms with Crippen LogP contribution in [0.4, 0.5) is 10.2 Å². The number of hydrogen-bond acceptors (Lipinski definition) is 7. The third kappa shape index (κ3) is 4.58. The lowest BCUT2D eigenvalue weighted by Gasteiger charge is -2.19. The Hall–Kier alpha value is -2.88. The molecule has 162 valence electrons. The van der Waals surface area contributed by atoms with Gasteiger partial charge in [-0.25, -0.2) is 14.4 Å². The summed E-state index contributed by atoms with van der Waals surface area (Å²) in [6.07, 6.45) is 3.01. The van der Waals surface area contributed by atoms with Crippen molar-refractivity contribution < 1.29 is 19.4 Å². The molecule has 4 atom stereocenters. The molecule has 0 radical (unpaired) electrons. The van der Waals surface area contributed by atoms with Crippen LogP contribution in [-0.4, -0.2) is 54.0 Å². The molecule has 0 aliphatic heterocycles. The molecule has 10 heteroatoms. The van der Waals surface area contributed by atoms with Crippen molar-refractivity contribution in [1.29, 1.82) is 0 Å². The lowest BCUT2D eigenvalue weighted by Crippen LogP contribution is -2.35. The van der Waals surface area contributed by atoms with Gasteiger partial charge in [-0.1, -0.05) is 18.5 Å². The molecule has 2 heterocycles. The Morgan fingerprint density at radius 1 is 1.32 bits per heavy atom. The highest BCUT2D eigenvalue weighted by Crippen LogP contribution is 2.29. The van der Waals surface area contributed by atoms with E-state index in [9.17, 15) is 19.4 Å². The average molecular weight is 446 g/mol. The lowest BCUT2D eigenvalue weighted by atomic mass is 10.1. The zero-order chi connectivity index (χ0) is 22.1. The second-order valence-electron chi connectivity index (χ2n) is 7.74. The zero-order valence-corrected chi connectivity index (χ0v) is 17.4. The first kappa shape index (κ1) is 21.4. The minimum absolute atomic E-state index is 0.0829. The number of carbonyl (C=O) groups excluding carboxylic acids is 1. The van der Waals surface area contributed by atoms with Gasteiger partial charge in [0.15, 0.2) is 0 Å². The molecule has 1 fully saturated rings. The van der Waals surface area contributed by atoms with E-state index in [2.05, 4.69) is 20.4 Å². The Morgan fingerprint density at radius 3 is 2.84 bits per heavy atom. The van der Waals surface area contributed by atoms with E-state index < -0.39 is 29.9 Å². The molecule has 1 aromatic carbocycles. The van der Waals surface area contributed by atoms with Crippen LogP contribution < -0.4 is 5.32 Å². The van der Waals surface area contributed by atoms with E-state index in [4.69, 9.17) is 11.6 Å². The van der Waals surface area contributed by atoms with Crippen molar-refractivity contribution in [3.63, 3.8) is 0 Å². The fraction of sp³-hybridized carbons (Fsp3) is 0.333. The van der Waals surface area contributed by atoms with Crippen LogP contribution in [0, 0.1) is 11.7 Å². The maximum atomic E-state index is 13.6. The lowest BCUT2D eigenvalue weighted by molar-refractivity contribution is 0.0210. The van der Waals surface area contributed by atoms with Gasteiger partial charge in [0.1, 0.15) is 29.8 Å². The first-order valence-electron chi connectivity index (χ1n) is 9.77. The van der Waals surface area contributed by atoms with E-state index in [0.29, 0.717) is 12.0 Å². The molecule has 31 heavy (non-hydrogen) atoms. The number of ketones is 1. The van der Waals surface area contributed by atoms with Gasteiger partial charge in [0.05, 0.1) is 24.3 Å². The van der Waals surface area contributed by atoms with E-state index in [0.717, 1.165) is 0 Å². The van der Waals surface area contributed by atoms with Crippen LogP contribution in [0.2, 0.25) is 5.02 Å². The standard InChI is InChI=1S/C21H21ClFN5O3/c1-11-4-17(20(31)18(11)29)26-21-15(8-24-10-25-21)19(30)16-2-3-28(27-16)9-12-5-13(22)7-14(23)6-12/h2-3,5-8,10-11,17-18,20,29,31H,4,9H2,1H3,(H,24,25,26)/t11-,17-,18-,20+/m1/s1. The Kier molecular flexibility index (Phi) is 5.99. The van der Waals surface area contributed by atoms with Crippen molar-refractivity contribution in [2.45, 2.75) is 38.1 Å². The van der Waals surface area contributed by atoms with Crippen LogP contribution >= 0.6 is 11.6 Å². The Bertz CT molecular complexity index is 1090. The summed E-state index contributed by atoms with van der Waals surface area (Å²) >= 11 is 5.89. The second-order valence-corrected chi connectivity index (χ2v) is 8.17. The molecule has 0 amide bonds. The van der Waals surface area contributed by atoms with Gasteiger partial charge in [0, 0.05) is 17.4 Å². The number of nitrogens with one attached hydrogen (secondary N) is 1. The predicted molar refractivity (Wildman–Crippen MR) is 111 cm³/mol. The summed E-state index contributed by atoms with van der Waals surface area (Å²) in [5.41, 5.74) is 0.976. The molecule has 4 rings (SSSR count). The zero-order valence-electron chi connectivity index (χ0n) is 16.6. The number of carbonyl (C=O) groups is 1. The first-order chi connectivity index (χ1) is 14.8. The van der Waals surface area contributed by atoms with Gasteiger partial charge in [0.25, 0.3) is 0 Å². The normalized spacial score (nSPS) is 23.1.